The van der Waals surface area contributed by atoms with Crippen molar-refractivity contribution in [2.24, 2.45) is 5.92 Å². The fourth-order valence-electron chi connectivity index (χ4n) is 8.55. The Bertz CT molecular complexity index is 2720. The van der Waals surface area contributed by atoms with E-state index in [1.165, 1.54) is 23.7 Å². The van der Waals surface area contributed by atoms with Gasteiger partial charge in [-0.05, 0) is 92.5 Å². The Labute approximate surface area is 388 Å². The highest BCUT2D eigenvalue weighted by Gasteiger charge is 2.45. The van der Waals surface area contributed by atoms with Crippen LogP contribution in [0.5, 0.6) is 0 Å². The zero-order valence-corrected chi connectivity index (χ0v) is 37.0. The van der Waals surface area contributed by atoms with E-state index in [4.69, 9.17) is 13.9 Å². The number of carbonyl (C=O) groups is 6. The third-order valence-electron chi connectivity index (χ3n) is 12.4. The van der Waals surface area contributed by atoms with Crippen molar-refractivity contribution in [3.63, 3.8) is 0 Å². The SMILES string of the molecule is O=C1CCC(N2C(=O)c3cccc(CCCOCCN4CCO[C@@H](CCC(=O)c5ccc(-n6cc(NC(=O)c7coc(-c8ccnc(NCC9CC9)c8)n7)c(C(F)F)n6)cc5)C4)c3C2=O)C(=O)N1. The van der Waals surface area contributed by atoms with Gasteiger partial charge in [-0.15, -0.1) is 0 Å². The maximum atomic E-state index is 14.1. The molecule has 0 bridgehead atoms. The zero-order valence-electron chi connectivity index (χ0n) is 37.0. The molecule has 1 unspecified atom stereocenters. The number of imide groups is 2. The standard InChI is InChI=1S/C48H49F2N9O9/c49-43(50)42-35(53-44(62)36-27-68-46(54-36)31-16-17-51-39(23-31)52-24-28-6-7-28)26-58(56-42)32-10-8-29(9-11-32)38(60)14-12-33-25-57(19-22-67-33)18-21-66-20-2-4-30-3-1-5-34-41(30)48(65)59(47(34)64)37-13-15-40(61)55-45(37)63/h1,3,5,8-11,16-17,23,26-28,33,37,43H,2,4,6-7,12-15,18-22,24-25H2,(H,51,52)(H,53,62)(H,55,61,63)/t33-,37?/m0/s1. The minimum atomic E-state index is -3.00. The highest BCUT2D eigenvalue weighted by Crippen LogP contribution is 2.32. The number of nitrogens with one attached hydrogen (secondary N) is 3. The summed E-state index contributed by atoms with van der Waals surface area (Å²) < 4.78 is 46.9. The first-order valence-corrected chi connectivity index (χ1v) is 22.7. The number of hydrogen-bond acceptors (Lipinski definition) is 14. The van der Waals surface area contributed by atoms with Crippen LogP contribution >= 0.6 is 0 Å². The number of benzene rings is 2. The second-order valence-electron chi connectivity index (χ2n) is 17.2. The predicted octanol–water partition coefficient (Wildman–Crippen LogP) is 5.65. The van der Waals surface area contributed by atoms with Gasteiger partial charge in [-0.3, -0.25) is 43.9 Å². The average molecular weight is 934 g/mol. The van der Waals surface area contributed by atoms with E-state index in [0.29, 0.717) is 98.4 Å². The van der Waals surface area contributed by atoms with Crippen LogP contribution in [0.15, 0.2) is 77.7 Å². The van der Waals surface area contributed by atoms with Crippen LogP contribution in [0.1, 0.15) is 104 Å². The molecule has 2 atom stereocenters. The van der Waals surface area contributed by atoms with Crippen molar-refractivity contribution in [2.45, 2.75) is 69.9 Å². The summed E-state index contributed by atoms with van der Waals surface area (Å²) in [7, 11) is 0. The number of nitrogens with zero attached hydrogens (tertiary/aromatic N) is 6. The molecule has 3 N–H and O–H groups in total. The van der Waals surface area contributed by atoms with E-state index in [1.54, 1.807) is 60.8 Å². The Morgan fingerprint density at radius 1 is 1.00 bits per heavy atom. The predicted molar refractivity (Wildman–Crippen MR) is 239 cm³/mol. The Kier molecular flexibility index (Phi) is 13.9. The van der Waals surface area contributed by atoms with Gasteiger partial charge in [0.25, 0.3) is 24.1 Å². The zero-order chi connectivity index (χ0) is 47.3. The highest BCUT2D eigenvalue weighted by atomic mass is 19.3. The van der Waals surface area contributed by atoms with Gasteiger partial charge in [0.1, 0.15) is 18.1 Å². The van der Waals surface area contributed by atoms with Crippen molar-refractivity contribution in [3.8, 4) is 17.1 Å². The van der Waals surface area contributed by atoms with Crippen molar-refractivity contribution in [2.75, 3.05) is 56.6 Å². The van der Waals surface area contributed by atoms with Gasteiger partial charge in [0.05, 0.1) is 48.0 Å². The molecule has 0 radical (unpaired) electrons. The molecule has 0 spiro atoms. The number of aromatic nitrogens is 4. The largest absolute Gasteiger partial charge is 0.444 e. The Morgan fingerprint density at radius 3 is 2.63 bits per heavy atom. The summed E-state index contributed by atoms with van der Waals surface area (Å²) in [6.07, 6.45) is 5.21. The Hall–Kier alpha value is -7.03. The first kappa shape index (κ1) is 46.1. The summed E-state index contributed by atoms with van der Waals surface area (Å²) in [5, 5.41) is 12.0. The monoisotopic (exact) mass is 933 g/mol. The molecule has 3 fully saturated rings. The quantitative estimate of drug-likeness (QED) is 0.0488. The smallest absolute Gasteiger partial charge is 0.284 e. The number of ketones is 1. The van der Waals surface area contributed by atoms with Crippen LogP contribution in [0.4, 0.5) is 20.3 Å². The summed E-state index contributed by atoms with van der Waals surface area (Å²) >= 11 is 0. The van der Waals surface area contributed by atoms with Crippen molar-refractivity contribution in [1.82, 2.24) is 34.9 Å². The number of morpholine rings is 1. The van der Waals surface area contributed by atoms with Crippen molar-refractivity contribution in [3.05, 3.63) is 107 Å². The van der Waals surface area contributed by atoms with E-state index in [0.717, 1.165) is 17.7 Å². The fourth-order valence-corrected chi connectivity index (χ4v) is 8.55. The molecule has 68 heavy (non-hydrogen) atoms. The van der Waals surface area contributed by atoms with Gasteiger partial charge in [0, 0.05) is 63.0 Å². The maximum absolute atomic E-state index is 14.1. The number of pyridine rings is 1. The highest BCUT2D eigenvalue weighted by molar-refractivity contribution is 6.24. The van der Waals surface area contributed by atoms with Crippen LogP contribution in [0.2, 0.25) is 0 Å². The number of amides is 5. The van der Waals surface area contributed by atoms with E-state index in [9.17, 15) is 37.5 Å². The number of oxazole rings is 1. The number of piperidine rings is 1. The number of alkyl halides is 2. The first-order chi connectivity index (χ1) is 33.0. The molecule has 2 aromatic carbocycles. The van der Waals surface area contributed by atoms with Crippen LogP contribution in [0, 0.1) is 5.92 Å². The van der Waals surface area contributed by atoms with Gasteiger partial charge < -0.3 is 24.5 Å². The van der Waals surface area contributed by atoms with Crippen LogP contribution in [-0.2, 0) is 25.5 Å². The molecule has 3 aliphatic heterocycles. The molecule has 6 heterocycles. The number of hydrogen-bond donors (Lipinski definition) is 3. The first-order valence-electron chi connectivity index (χ1n) is 22.7. The summed E-state index contributed by atoms with van der Waals surface area (Å²) in [6.45, 7) is 4.20. The van der Waals surface area contributed by atoms with E-state index in [1.807, 2.05) is 0 Å². The molecule has 2 saturated heterocycles. The minimum absolute atomic E-state index is 0.0537. The van der Waals surface area contributed by atoms with Crippen molar-refractivity contribution >= 4 is 46.8 Å². The van der Waals surface area contributed by atoms with Crippen LogP contribution in [-0.4, -0.2) is 123 Å². The van der Waals surface area contributed by atoms with E-state index in [-0.39, 0.29) is 54.0 Å². The number of Topliss-reactive ketones (excluding diaryl/α,β-unsaturated/α-hetero) is 1. The number of fused-ring (bicyclic) bond motifs is 1. The maximum Gasteiger partial charge on any atom is 0.284 e. The molecule has 3 aromatic heterocycles. The molecule has 20 heteroatoms. The van der Waals surface area contributed by atoms with Gasteiger partial charge in [0.15, 0.2) is 17.2 Å². The van der Waals surface area contributed by atoms with E-state index in [2.05, 4.69) is 35.9 Å². The number of carbonyl (C=O) groups excluding carboxylic acids is 6. The lowest BCUT2D eigenvalue weighted by molar-refractivity contribution is -0.136. The second-order valence-corrected chi connectivity index (χ2v) is 17.2. The van der Waals surface area contributed by atoms with Gasteiger partial charge >= 0.3 is 0 Å². The molecule has 9 rings (SSSR count). The molecule has 5 aromatic rings. The van der Waals surface area contributed by atoms with E-state index >= 15 is 0 Å². The second kappa shape index (κ2) is 20.5. The molecular formula is C48H49F2N9O9. The molecule has 18 nitrogen and oxygen atoms in total. The van der Waals surface area contributed by atoms with Gasteiger partial charge in [-0.25, -0.2) is 23.4 Å². The lowest BCUT2D eigenvalue weighted by Crippen LogP contribution is -2.54. The number of anilines is 2. The van der Waals surface area contributed by atoms with Crippen LogP contribution in [0.3, 0.4) is 0 Å². The topological polar surface area (TPSA) is 220 Å². The Morgan fingerprint density at radius 2 is 1.84 bits per heavy atom. The molecular weight excluding hydrogens is 885 g/mol. The summed E-state index contributed by atoms with van der Waals surface area (Å²) in [5.74, 6) is -1.53. The lowest BCUT2D eigenvalue weighted by Gasteiger charge is -2.32. The molecule has 5 amide bonds. The third-order valence-corrected chi connectivity index (χ3v) is 12.4. The van der Waals surface area contributed by atoms with Crippen molar-refractivity contribution in [1.29, 1.82) is 0 Å². The van der Waals surface area contributed by atoms with Gasteiger partial charge in [0.2, 0.25) is 17.7 Å². The lowest BCUT2D eigenvalue weighted by atomic mass is 9.99. The molecule has 354 valence electrons. The number of ether oxygens (including phenoxy) is 2. The normalized spacial score (nSPS) is 18.5. The van der Waals surface area contributed by atoms with E-state index < -0.39 is 47.7 Å². The summed E-state index contributed by atoms with van der Waals surface area (Å²) in [4.78, 5) is 88.7. The molecule has 1 saturated carbocycles. The van der Waals surface area contributed by atoms with Crippen molar-refractivity contribution < 1.29 is 51.4 Å². The minimum Gasteiger partial charge on any atom is -0.444 e. The number of aryl methyl sites for hydroxylation is 1. The number of halogens is 2. The average Bonchev–Trinajstić information content (AvgIpc) is 3.74. The fraction of sp³-hybridized carbons (Fsp3) is 0.396. The third kappa shape index (κ3) is 10.6. The van der Waals surface area contributed by atoms with Crippen LogP contribution in [0.25, 0.3) is 17.1 Å². The Balaban J connectivity index is 0.709. The van der Waals surface area contributed by atoms with Gasteiger partial charge in [-0.2, -0.15) is 5.10 Å². The van der Waals surface area contributed by atoms with Crippen LogP contribution < -0.4 is 16.0 Å². The molecule has 4 aliphatic rings. The number of rotatable bonds is 20. The van der Waals surface area contributed by atoms with Gasteiger partial charge in [-0.1, -0.05) is 12.1 Å². The molecule has 1 aliphatic carbocycles. The summed E-state index contributed by atoms with van der Waals surface area (Å²) in [5.41, 5.74) is 1.73. The summed E-state index contributed by atoms with van der Waals surface area (Å²) in [6, 6.07) is 13.9.